The zero-order valence-electron chi connectivity index (χ0n) is 7.39. The molecular formula is C9H15NO. The van der Waals surface area contributed by atoms with E-state index in [9.17, 15) is 0 Å². The molecule has 11 heavy (non-hydrogen) atoms. The van der Waals surface area contributed by atoms with E-state index in [-0.39, 0.29) is 5.76 Å². The van der Waals surface area contributed by atoms with Crippen molar-refractivity contribution in [3.8, 4) is 0 Å². The smallest absolute Gasteiger partial charge is 0.136 e. The topological polar surface area (TPSA) is 32.6 Å². The first-order valence-electron chi connectivity index (χ1n) is 3.68. The van der Waals surface area contributed by atoms with E-state index >= 15 is 0 Å². The fourth-order valence-corrected chi connectivity index (χ4v) is 0.570. The van der Waals surface area contributed by atoms with E-state index in [1.807, 2.05) is 13.8 Å². The highest BCUT2D eigenvalue weighted by Crippen LogP contribution is 2.03. The Balaban J connectivity index is 4.49. The van der Waals surface area contributed by atoms with Crippen molar-refractivity contribution in [3.63, 3.8) is 0 Å². The molecular weight excluding hydrogens is 138 g/mol. The molecule has 0 unspecified atom stereocenters. The second-order valence-electron chi connectivity index (χ2n) is 2.38. The normalized spacial score (nSPS) is 14.3. The van der Waals surface area contributed by atoms with Crippen LogP contribution in [0.3, 0.4) is 0 Å². The van der Waals surface area contributed by atoms with Crippen LogP contribution in [0.15, 0.2) is 29.1 Å². The fraction of sp³-hybridized carbons (Fsp3) is 0.444. The number of aliphatic hydroxyl groups is 1. The molecule has 0 fully saturated rings. The van der Waals surface area contributed by atoms with Gasteiger partial charge in [-0.15, -0.1) is 0 Å². The van der Waals surface area contributed by atoms with Crippen LogP contribution < -0.4 is 0 Å². The van der Waals surface area contributed by atoms with Crippen molar-refractivity contribution in [1.82, 2.24) is 0 Å². The van der Waals surface area contributed by atoms with Gasteiger partial charge in [0.2, 0.25) is 0 Å². The summed E-state index contributed by atoms with van der Waals surface area (Å²) in [6.45, 7) is 9.15. The summed E-state index contributed by atoms with van der Waals surface area (Å²) in [6.07, 6.45) is 2.30. The van der Waals surface area contributed by atoms with Gasteiger partial charge >= 0.3 is 0 Å². The third-order valence-electron chi connectivity index (χ3n) is 1.43. The van der Waals surface area contributed by atoms with E-state index < -0.39 is 0 Å². The van der Waals surface area contributed by atoms with Crippen LogP contribution >= 0.6 is 0 Å². The molecule has 0 atom stereocenters. The monoisotopic (exact) mass is 153 g/mol. The van der Waals surface area contributed by atoms with Gasteiger partial charge < -0.3 is 5.11 Å². The molecule has 0 aliphatic rings. The summed E-state index contributed by atoms with van der Waals surface area (Å²) in [5, 5.41) is 9.13. The van der Waals surface area contributed by atoms with Gasteiger partial charge in [-0.3, -0.25) is 4.99 Å². The summed E-state index contributed by atoms with van der Waals surface area (Å²) in [7, 11) is 0. The van der Waals surface area contributed by atoms with Gasteiger partial charge in [-0.05, 0) is 26.3 Å². The predicted octanol–water partition coefficient (Wildman–Crippen LogP) is 2.83. The van der Waals surface area contributed by atoms with Crippen LogP contribution in [-0.2, 0) is 0 Å². The van der Waals surface area contributed by atoms with E-state index in [2.05, 4.69) is 11.6 Å². The zero-order chi connectivity index (χ0) is 8.85. The van der Waals surface area contributed by atoms with Crippen LogP contribution in [0.25, 0.3) is 0 Å². The van der Waals surface area contributed by atoms with Crippen LogP contribution in [0, 0.1) is 0 Å². The van der Waals surface area contributed by atoms with Crippen LogP contribution in [0.4, 0.5) is 0 Å². The van der Waals surface area contributed by atoms with Crippen LogP contribution in [0.2, 0.25) is 0 Å². The van der Waals surface area contributed by atoms with Crippen LogP contribution in [0.1, 0.15) is 27.2 Å². The molecule has 0 aromatic carbocycles. The Morgan fingerprint density at radius 1 is 1.55 bits per heavy atom. The molecule has 0 radical (unpaired) electrons. The number of rotatable bonds is 3. The maximum atomic E-state index is 9.13. The van der Waals surface area contributed by atoms with Gasteiger partial charge in [0, 0.05) is 5.71 Å². The van der Waals surface area contributed by atoms with E-state index in [0.717, 1.165) is 12.1 Å². The zero-order valence-corrected chi connectivity index (χ0v) is 7.39. The van der Waals surface area contributed by atoms with Crippen molar-refractivity contribution in [2.24, 2.45) is 4.99 Å². The standard InChI is InChI=1S/C9H15NO/c1-5-7(3)10-8(4)9(11)6-2/h6,11H,2,5H2,1,3-4H3/b9-8+,10-7?. The molecule has 0 spiro atoms. The Kier molecular flexibility index (Phi) is 4.27. The lowest BCUT2D eigenvalue weighted by Crippen LogP contribution is -1.89. The van der Waals surface area contributed by atoms with Gasteiger partial charge in [-0.25, -0.2) is 0 Å². The second-order valence-corrected chi connectivity index (χ2v) is 2.38. The third-order valence-corrected chi connectivity index (χ3v) is 1.43. The molecule has 0 aromatic rings. The summed E-state index contributed by atoms with van der Waals surface area (Å²) in [5.74, 6) is 0.151. The first kappa shape index (κ1) is 9.95. The quantitative estimate of drug-likeness (QED) is 0.377. The van der Waals surface area contributed by atoms with Crippen LogP contribution in [-0.4, -0.2) is 10.8 Å². The molecule has 2 heteroatoms. The Labute approximate surface area is 68.0 Å². The molecule has 0 saturated carbocycles. The average Bonchev–Trinajstić information content (AvgIpc) is 2.02. The summed E-state index contributed by atoms with van der Waals surface area (Å²) in [4.78, 5) is 4.14. The number of nitrogens with zero attached hydrogens (tertiary/aromatic N) is 1. The minimum absolute atomic E-state index is 0.151. The third kappa shape index (κ3) is 3.61. The number of aliphatic imine (C=N–C) groups is 1. The molecule has 2 nitrogen and oxygen atoms in total. The summed E-state index contributed by atoms with van der Waals surface area (Å²) in [6, 6.07) is 0. The molecule has 0 bridgehead atoms. The lowest BCUT2D eigenvalue weighted by Gasteiger charge is -1.97. The molecule has 0 aromatic heterocycles. The minimum atomic E-state index is 0.151. The van der Waals surface area contributed by atoms with Crippen molar-refractivity contribution in [3.05, 3.63) is 24.1 Å². The van der Waals surface area contributed by atoms with Gasteiger partial charge in [-0.2, -0.15) is 0 Å². The first-order chi connectivity index (χ1) is 5.11. The van der Waals surface area contributed by atoms with Gasteiger partial charge in [0.15, 0.2) is 0 Å². The number of allylic oxidation sites excluding steroid dienone is 2. The Hall–Kier alpha value is -1.05. The molecule has 62 valence electrons. The highest BCUT2D eigenvalue weighted by Gasteiger charge is 1.93. The molecule has 0 amide bonds. The molecule has 0 saturated heterocycles. The maximum absolute atomic E-state index is 9.13. The lowest BCUT2D eigenvalue weighted by molar-refractivity contribution is 0.425. The maximum Gasteiger partial charge on any atom is 0.136 e. The van der Waals surface area contributed by atoms with Gasteiger partial charge in [-0.1, -0.05) is 13.5 Å². The summed E-state index contributed by atoms with van der Waals surface area (Å²) in [5.41, 5.74) is 1.63. The Morgan fingerprint density at radius 3 is 2.45 bits per heavy atom. The second kappa shape index (κ2) is 4.72. The van der Waals surface area contributed by atoms with E-state index in [0.29, 0.717) is 5.70 Å². The minimum Gasteiger partial charge on any atom is -0.506 e. The number of aliphatic hydroxyl groups excluding tert-OH is 1. The number of hydrogen-bond acceptors (Lipinski definition) is 2. The Bertz CT molecular complexity index is 202. The molecule has 0 aliphatic carbocycles. The van der Waals surface area contributed by atoms with E-state index in [1.165, 1.54) is 6.08 Å². The molecule has 0 heterocycles. The first-order valence-corrected chi connectivity index (χ1v) is 3.68. The summed E-state index contributed by atoms with van der Waals surface area (Å²) < 4.78 is 0. The van der Waals surface area contributed by atoms with Crippen molar-refractivity contribution >= 4 is 5.71 Å². The largest absolute Gasteiger partial charge is 0.506 e. The summed E-state index contributed by atoms with van der Waals surface area (Å²) >= 11 is 0. The highest BCUT2D eigenvalue weighted by molar-refractivity contribution is 5.82. The highest BCUT2D eigenvalue weighted by atomic mass is 16.3. The fourth-order valence-electron chi connectivity index (χ4n) is 0.570. The SMILES string of the molecule is C=C/C(O)=C(/C)N=C(C)CC. The molecule has 1 N–H and O–H groups in total. The van der Waals surface area contributed by atoms with E-state index in [1.54, 1.807) is 6.92 Å². The van der Waals surface area contributed by atoms with Crippen molar-refractivity contribution in [1.29, 1.82) is 0 Å². The molecule has 0 aliphatic heterocycles. The van der Waals surface area contributed by atoms with Crippen molar-refractivity contribution < 1.29 is 5.11 Å². The van der Waals surface area contributed by atoms with Gasteiger partial charge in [0.1, 0.15) is 5.76 Å². The van der Waals surface area contributed by atoms with E-state index in [4.69, 9.17) is 5.11 Å². The number of hydrogen-bond donors (Lipinski definition) is 1. The predicted molar refractivity (Wildman–Crippen MR) is 48.9 cm³/mol. The van der Waals surface area contributed by atoms with Crippen LogP contribution in [0.5, 0.6) is 0 Å². The van der Waals surface area contributed by atoms with Crippen molar-refractivity contribution in [2.75, 3.05) is 0 Å². The van der Waals surface area contributed by atoms with Crippen molar-refractivity contribution in [2.45, 2.75) is 27.2 Å². The Morgan fingerprint density at radius 2 is 2.09 bits per heavy atom. The van der Waals surface area contributed by atoms with Gasteiger partial charge in [0.25, 0.3) is 0 Å². The average molecular weight is 153 g/mol. The lowest BCUT2D eigenvalue weighted by atomic mass is 10.3. The van der Waals surface area contributed by atoms with Gasteiger partial charge in [0.05, 0.1) is 5.70 Å². The molecule has 0 rings (SSSR count).